The summed E-state index contributed by atoms with van der Waals surface area (Å²) in [6.45, 7) is 0. The van der Waals surface area contributed by atoms with Crippen molar-refractivity contribution in [3.8, 4) is 0 Å². The standard InChI is InChI=1S/C12H14Cl2N2O/c13-10-6-8(7-11(14)16-10)12(17)15-9-4-2-1-3-5-9/h6-7,9H,1-5H2,(H,15,17). The Morgan fingerprint density at radius 1 is 1.18 bits per heavy atom. The predicted octanol–water partition coefficient (Wildman–Crippen LogP) is 3.45. The molecule has 1 aliphatic carbocycles. The number of halogens is 2. The predicted molar refractivity (Wildman–Crippen MR) is 68.6 cm³/mol. The molecule has 0 aliphatic heterocycles. The average molecular weight is 273 g/mol. The summed E-state index contributed by atoms with van der Waals surface area (Å²) in [4.78, 5) is 15.8. The summed E-state index contributed by atoms with van der Waals surface area (Å²) in [6.07, 6.45) is 5.74. The van der Waals surface area contributed by atoms with Crippen molar-refractivity contribution in [2.45, 2.75) is 38.1 Å². The lowest BCUT2D eigenvalue weighted by atomic mass is 9.95. The van der Waals surface area contributed by atoms with Gasteiger partial charge in [-0.15, -0.1) is 0 Å². The molecule has 5 heteroatoms. The number of hydrogen-bond acceptors (Lipinski definition) is 2. The van der Waals surface area contributed by atoms with Crippen molar-refractivity contribution < 1.29 is 4.79 Å². The Bertz CT molecular complexity index is 397. The molecule has 1 aliphatic rings. The molecule has 92 valence electrons. The molecule has 0 spiro atoms. The average Bonchev–Trinajstić information content (AvgIpc) is 2.29. The first kappa shape index (κ1) is 12.7. The van der Waals surface area contributed by atoms with Gasteiger partial charge in [0.1, 0.15) is 10.3 Å². The summed E-state index contributed by atoms with van der Waals surface area (Å²) in [5, 5.41) is 3.49. The van der Waals surface area contributed by atoms with Gasteiger partial charge in [-0.05, 0) is 25.0 Å². The largest absolute Gasteiger partial charge is 0.349 e. The van der Waals surface area contributed by atoms with Gasteiger partial charge < -0.3 is 5.32 Å². The smallest absolute Gasteiger partial charge is 0.251 e. The summed E-state index contributed by atoms with van der Waals surface area (Å²) in [6, 6.07) is 3.35. The van der Waals surface area contributed by atoms with E-state index >= 15 is 0 Å². The van der Waals surface area contributed by atoms with Crippen LogP contribution in [0.2, 0.25) is 10.3 Å². The van der Waals surface area contributed by atoms with Gasteiger partial charge in [0, 0.05) is 11.6 Å². The minimum Gasteiger partial charge on any atom is -0.349 e. The number of hydrogen-bond donors (Lipinski definition) is 1. The lowest BCUT2D eigenvalue weighted by molar-refractivity contribution is 0.0927. The van der Waals surface area contributed by atoms with Gasteiger partial charge in [0.25, 0.3) is 5.91 Å². The topological polar surface area (TPSA) is 42.0 Å². The SMILES string of the molecule is O=C(NC1CCCCC1)c1cc(Cl)nc(Cl)c1. The van der Waals surface area contributed by atoms with E-state index in [2.05, 4.69) is 10.3 Å². The Kier molecular flexibility index (Phi) is 4.24. The fraction of sp³-hybridized carbons (Fsp3) is 0.500. The number of nitrogens with zero attached hydrogens (tertiary/aromatic N) is 1. The first-order valence-electron chi connectivity index (χ1n) is 5.79. The molecule has 1 aromatic rings. The zero-order valence-corrected chi connectivity index (χ0v) is 10.9. The van der Waals surface area contributed by atoms with Crippen LogP contribution in [0.4, 0.5) is 0 Å². The minimum absolute atomic E-state index is 0.122. The molecule has 0 saturated heterocycles. The Morgan fingerprint density at radius 2 is 1.76 bits per heavy atom. The molecule has 0 radical (unpaired) electrons. The van der Waals surface area contributed by atoms with Crippen molar-refractivity contribution in [1.82, 2.24) is 10.3 Å². The van der Waals surface area contributed by atoms with Gasteiger partial charge in [0.05, 0.1) is 0 Å². The van der Waals surface area contributed by atoms with Crippen LogP contribution in [0.1, 0.15) is 42.5 Å². The second kappa shape index (κ2) is 5.69. The highest BCUT2D eigenvalue weighted by Gasteiger charge is 2.17. The molecule has 3 nitrogen and oxygen atoms in total. The maximum absolute atomic E-state index is 12.0. The molecule has 1 N–H and O–H groups in total. The summed E-state index contributed by atoms with van der Waals surface area (Å²) >= 11 is 11.5. The van der Waals surface area contributed by atoms with E-state index < -0.39 is 0 Å². The number of aromatic nitrogens is 1. The van der Waals surface area contributed by atoms with Crippen molar-refractivity contribution in [3.63, 3.8) is 0 Å². The Balaban J connectivity index is 2.03. The number of carbonyl (C=O) groups excluding carboxylic acids is 1. The number of nitrogens with one attached hydrogen (secondary N) is 1. The number of amides is 1. The highest BCUT2D eigenvalue weighted by atomic mass is 35.5. The van der Waals surface area contributed by atoms with Crippen molar-refractivity contribution in [3.05, 3.63) is 28.0 Å². The molecule has 1 fully saturated rings. The summed E-state index contributed by atoms with van der Waals surface area (Å²) in [7, 11) is 0. The van der Waals surface area contributed by atoms with Gasteiger partial charge in [0.15, 0.2) is 0 Å². The van der Waals surface area contributed by atoms with Crippen LogP contribution < -0.4 is 5.32 Å². The number of rotatable bonds is 2. The zero-order chi connectivity index (χ0) is 12.3. The molecular weight excluding hydrogens is 259 g/mol. The molecule has 1 aromatic heterocycles. The van der Waals surface area contributed by atoms with Gasteiger partial charge in [-0.25, -0.2) is 4.98 Å². The van der Waals surface area contributed by atoms with Crippen LogP contribution >= 0.6 is 23.2 Å². The van der Waals surface area contributed by atoms with E-state index in [1.807, 2.05) is 0 Å². The highest BCUT2D eigenvalue weighted by molar-refractivity contribution is 6.33. The third kappa shape index (κ3) is 3.58. The molecule has 0 bridgehead atoms. The van der Waals surface area contributed by atoms with E-state index in [-0.39, 0.29) is 22.3 Å². The van der Waals surface area contributed by atoms with Crippen LogP contribution in [-0.4, -0.2) is 16.9 Å². The van der Waals surface area contributed by atoms with E-state index in [0.717, 1.165) is 12.8 Å². The molecule has 0 unspecified atom stereocenters. The summed E-state index contributed by atoms with van der Waals surface area (Å²) in [5.41, 5.74) is 0.473. The van der Waals surface area contributed by atoms with Crippen LogP contribution in [0.3, 0.4) is 0 Å². The van der Waals surface area contributed by atoms with Crippen LogP contribution in [-0.2, 0) is 0 Å². The first-order chi connectivity index (χ1) is 8.15. The molecule has 0 aromatic carbocycles. The maximum atomic E-state index is 12.0. The highest BCUT2D eigenvalue weighted by Crippen LogP contribution is 2.19. The fourth-order valence-electron chi connectivity index (χ4n) is 2.11. The summed E-state index contributed by atoms with van der Waals surface area (Å²) in [5.74, 6) is -0.122. The third-order valence-electron chi connectivity index (χ3n) is 2.97. The molecular formula is C12H14Cl2N2O. The van der Waals surface area contributed by atoms with E-state index in [4.69, 9.17) is 23.2 Å². The van der Waals surface area contributed by atoms with E-state index in [1.54, 1.807) is 0 Å². The van der Waals surface area contributed by atoms with E-state index in [1.165, 1.54) is 31.4 Å². The molecule has 17 heavy (non-hydrogen) atoms. The second-order valence-corrected chi connectivity index (χ2v) is 5.08. The van der Waals surface area contributed by atoms with Crippen molar-refractivity contribution in [2.24, 2.45) is 0 Å². The first-order valence-corrected chi connectivity index (χ1v) is 6.55. The van der Waals surface area contributed by atoms with Crippen LogP contribution in [0.25, 0.3) is 0 Å². The molecule has 2 rings (SSSR count). The van der Waals surface area contributed by atoms with E-state index in [9.17, 15) is 4.79 Å². The molecule has 1 saturated carbocycles. The molecule has 0 atom stereocenters. The second-order valence-electron chi connectivity index (χ2n) is 4.31. The van der Waals surface area contributed by atoms with Crippen molar-refractivity contribution in [1.29, 1.82) is 0 Å². The maximum Gasteiger partial charge on any atom is 0.251 e. The van der Waals surface area contributed by atoms with Gasteiger partial charge >= 0.3 is 0 Å². The molecule has 1 heterocycles. The summed E-state index contributed by atoms with van der Waals surface area (Å²) < 4.78 is 0. The van der Waals surface area contributed by atoms with Crippen molar-refractivity contribution in [2.75, 3.05) is 0 Å². The van der Waals surface area contributed by atoms with Crippen molar-refractivity contribution >= 4 is 29.1 Å². The normalized spacial score (nSPS) is 16.8. The zero-order valence-electron chi connectivity index (χ0n) is 9.38. The Hall–Kier alpha value is -0.800. The van der Waals surface area contributed by atoms with Crippen LogP contribution in [0, 0.1) is 0 Å². The van der Waals surface area contributed by atoms with Crippen LogP contribution in [0.5, 0.6) is 0 Å². The lowest BCUT2D eigenvalue weighted by Crippen LogP contribution is -2.36. The van der Waals surface area contributed by atoms with E-state index in [0.29, 0.717) is 5.56 Å². The minimum atomic E-state index is -0.122. The quantitative estimate of drug-likeness (QED) is 0.838. The van der Waals surface area contributed by atoms with Gasteiger partial charge in [-0.2, -0.15) is 0 Å². The van der Waals surface area contributed by atoms with Crippen LogP contribution in [0.15, 0.2) is 12.1 Å². The van der Waals surface area contributed by atoms with Gasteiger partial charge in [0.2, 0.25) is 0 Å². The monoisotopic (exact) mass is 272 g/mol. The fourth-order valence-corrected chi connectivity index (χ4v) is 2.57. The van der Waals surface area contributed by atoms with Gasteiger partial charge in [-0.3, -0.25) is 4.79 Å². The third-order valence-corrected chi connectivity index (χ3v) is 3.35. The Labute approximate surface area is 111 Å². The number of carbonyl (C=O) groups is 1. The number of pyridine rings is 1. The molecule has 1 amide bonds. The lowest BCUT2D eigenvalue weighted by Gasteiger charge is -2.22. The Morgan fingerprint density at radius 3 is 2.35 bits per heavy atom. The van der Waals surface area contributed by atoms with Gasteiger partial charge in [-0.1, -0.05) is 42.5 Å².